The van der Waals surface area contributed by atoms with Crippen molar-refractivity contribution in [1.82, 2.24) is 25.3 Å². The van der Waals surface area contributed by atoms with Gasteiger partial charge < -0.3 is 40.4 Å². The van der Waals surface area contributed by atoms with Gasteiger partial charge in [0.05, 0.1) is 10.6 Å². The minimum atomic E-state index is -0.453. The molecule has 1 heterocycles. The van der Waals surface area contributed by atoms with Crippen molar-refractivity contribution in [3.63, 3.8) is 0 Å². The molecule has 3 aromatic carbocycles. The van der Waals surface area contributed by atoms with Crippen LogP contribution in [0.1, 0.15) is 46.5 Å². The predicted molar refractivity (Wildman–Crippen MR) is 236 cm³/mol. The number of nitriles is 1. The van der Waals surface area contributed by atoms with E-state index in [1.807, 2.05) is 96.6 Å². The van der Waals surface area contributed by atoms with Gasteiger partial charge in [-0.3, -0.25) is 19.7 Å². The maximum atomic E-state index is 12.9. The third kappa shape index (κ3) is 16.1. The maximum absolute atomic E-state index is 12.9. The van der Waals surface area contributed by atoms with E-state index in [2.05, 4.69) is 53.1 Å². The van der Waals surface area contributed by atoms with Crippen molar-refractivity contribution in [2.45, 2.75) is 26.2 Å². The van der Waals surface area contributed by atoms with Gasteiger partial charge in [0.25, 0.3) is 17.5 Å². The van der Waals surface area contributed by atoms with Gasteiger partial charge in [-0.2, -0.15) is 5.26 Å². The Morgan fingerprint density at radius 1 is 0.810 bits per heavy atom. The third-order valence-electron chi connectivity index (χ3n) is 8.59. The fourth-order valence-electron chi connectivity index (χ4n) is 5.51. The number of hydrogen-bond acceptors (Lipinski definition) is 11. The fraction of sp³-hybridized carbons (Fsp3) is 0.372. The number of carbonyl (C=O) groups is 2. The zero-order valence-corrected chi connectivity index (χ0v) is 36.1. The topological polar surface area (TPSA) is 172 Å². The Morgan fingerprint density at radius 3 is 1.97 bits per heavy atom. The van der Waals surface area contributed by atoms with E-state index in [1.165, 1.54) is 6.07 Å². The lowest BCUT2D eigenvalue weighted by molar-refractivity contribution is -0.384. The van der Waals surface area contributed by atoms with Gasteiger partial charge in [0, 0.05) is 47.4 Å². The van der Waals surface area contributed by atoms with E-state index >= 15 is 0 Å². The molecule has 4 rings (SSSR count). The van der Waals surface area contributed by atoms with Gasteiger partial charge in [0.1, 0.15) is 34.5 Å². The van der Waals surface area contributed by atoms with Crippen molar-refractivity contribution in [3.05, 3.63) is 116 Å². The standard InChI is InChI=1S/C26H28BrN3O3.C17H28N6O2/c1-18-5-7-20(8-6-18)25(31)29-23(26(32)28-15-4-16-30(2)3)17-22-13-14-24(33-22)19-9-11-21(27)12-10-19;1-21(2)11-5-9-19-15-7-8-16(23(24)25)17(14(15)13-18)20-10-6-12-22(3)4/h5-14,17H,4,15-16H2,1-3H3,(H,28,32)(H,29,31);7-8,19-20H,5-6,9-12H2,1-4H3. The van der Waals surface area contributed by atoms with Gasteiger partial charge in [-0.25, -0.2) is 0 Å². The molecule has 14 nitrogen and oxygen atoms in total. The number of nitrogens with zero attached hydrogens (tertiary/aromatic N) is 5. The highest BCUT2D eigenvalue weighted by molar-refractivity contribution is 9.10. The zero-order chi connectivity index (χ0) is 42.6. The van der Waals surface area contributed by atoms with Gasteiger partial charge >= 0.3 is 0 Å². The molecular weight excluding hydrogens is 802 g/mol. The summed E-state index contributed by atoms with van der Waals surface area (Å²) in [5.41, 5.74) is 3.72. The minimum Gasteiger partial charge on any atom is -0.457 e. The summed E-state index contributed by atoms with van der Waals surface area (Å²) in [5.74, 6) is 0.417. The van der Waals surface area contributed by atoms with Crippen LogP contribution in [0.2, 0.25) is 0 Å². The number of aryl methyl sites for hydroxylation is 1. The van der Waals surface area contributed by atoms with Crippen molar-refractivity contribution in [3.8, 4) is 17.4 Å². The summed E-state index contributed by atoms with van der Waals surface area (Å²) in [4.78, 5) is 42.7. The summed E-state index contributed by atoms with van der Waals surface area (Å²) in [7, 11) is 11.9. The summed E-state index contributed by atoms with van der Waals surface area (Å²) < 4.78 is 6.90. The molecule has 4 aromatic rings. The highest BCUT2D eigenvalue weighted by Gasteiger charge is 2.21. The van der Waals surface area contributed by atoms with Crippen LogP contribution in [-0.4, -0.2) is 113 Å². The summed E-state index contributed by atoms with van der Waals surface area (Å²) >= 11 is 3.42. The molecule has 310 valence electrons. The average molecular weight is 859 g/mol. The number of halogens is 1. The molecule has 0 aliphatic carbocycles. The van der Waals surface area contributed by atoms with Crippen LogP contribution in [-0.2, 0) is 4.79 Å². The van der Waals surface area contributed by atoms with Crippen LogP contribution in [0.5, 0.6) is 0 Å². The van der Waals surface area contributed by atoms with E-state index in [9.17, 15) is 25.0 Å². The lowest BCUT2D eigenvalue weighted by atomic mass is 10.1. The smallest absolute Gasteiger partial charge is 0.293 e. The van der Waals surface area contributed by atoms with E-state index in [0.29, 0.717) is 53.7 Å². The molecule has 15 heteroatoms. The molecule has 1 aromatic heterocycles. The largest absolute Gasteiger partial charge is 0.457 e. The third-order valence-corrected chi connectivity index (χ3v) is 9.12. The fourth-order valence-corrected chi connectivity index (χ4v) is 5.77. The Balaban J connectivity index is 0.000000324. The van der Waals surface area contributed by atoms with Gasteiger partial charge in [-0.15, -0.1) is 0 Å². The molecular formula is C43H56BrN9O5. The first kappa shape index (κ1) is 46.8. The molecule has 0 aliphatic heterocycles. The van der Waals surface area contributed by atoms with Crippen molar-refractivity contribution in [2.75, 3.05) is 92.2 Å². The minimum absolute atomic E-state index is 0.0692. The van der Waals surface area contributed by atoms with Gasteiger partial charge in [-0.05, 0) is 131 Å². The Bertz CT molecular complexity index is 2000. The zero-order valence-electron chi connectivity index (χ0n) is 34.5. The number of nitro benzene ring substituents is 1. The highest BCUT2D eigenvalue weighted by atomic mass is 79.9. The van der Waals surface area contributed by atoms with Gasteiger partial charge in [-0.1, -0.05) is 45.8 Å². The van der Waals surface area contributed by atoms with Crippen molar-refractivity contribution in [2.24, 2.45) is 0 Å². The molecule has 58 heavy (non-hydrogen) atoms. The van der Waals surface area contributed by atoms with Crippen LogP contribution in [0.15, 0.2) is 87.4 Å². The van der Waals surface area contributed by atoms with Crippen molar-refractivity contribution in [1.29, 1.82) is 5.26 Å². The SMILES string of the molecule is CN(C)CCCNc1ccc([N+](=O)[O-])c(NCCCN(C)C)c1C#N.Cc1ccc(C(=O)NC(=Cc2ccc(-c3ccc(Br)cc3)o2)C(=O)NCCCN(C)C)cc1. The molecule has 0 spiro atoms. The Kier molecular flexibility index (Phi) is 19.6. The number of nitrogens with one attached hydrogen (secondary N) is 4. The number of benzene rings is 3. The highest BCUT2D eigenvalue weighted by Crippen LogP contribution is 2.33. The lowest BCUT2D eigenvalue weighted by Crippen LogP contribution is -2.36. The van der Waals surface area contributed by atoms with E-state index in [0.717, 1.165) is 54.5 Å². The number of hydrogen-bond donors (Lipinski definition) is 4. The monoisotopic (exact) mass is 857 g/mol. The number of nitro groups is 1. The van der Waals surface area contributed by atoms with Crippen molar-refractivity contribution < 1.29 is 18.9 Å². The van der Waals surface area contributed by atoms with Crippen molar-refractivity contribution >= 4 is 50.9 Å². The van der Waals surface area contributed by atoms with E-state index in [4.69, 9.17) is 4.42 Å². The summed E-state index contributed by atoms with van der Waals surface area (Å²) in [5, 5.41) is 32.7. The average Bonchev–Trinajstić information content (AvgIpc) is 3.65. The van der Waals surface area contributed by atoms with Crippen LogP contribution in [0.3, 0.4) is 0 Å². The van der Waals surface area contributed by atoms with Crippen LogP contribution in [0.25, 0.3) is 17.4 Å². The Morgan fingerprint density at radius 2 is 1.40 bits per heavy atom. The van der Waals surface area contributed by atoms with E-state index in [-0.39, 0.29) is 23.2 Å². The first-order valence-corrected chi connectivity index (χ1v) is 19.8. The molecule has 0 bridgehead atoms. The number of amides is 2. The summed E-state index contributed by atoms with van der Waals surface area (Å²) in [6.45, 7) is 6.36. The second-order valence-electron chi connectivity index (χ2n) is 14.4. The lowest BCUT2D eigenvalue weighted by Gasteiger charge is -2.15. The molecule has 2 amide bonds. The number of furan rings is 1. The quantitative estimate of drug-likeness (QED) is 0.0311. The molecule has 0 saturated heterocycles. The normalized spacial score (nSPS) is 11.2. The molecule has 0 unspecified atom stereocenters. The van der Waals surface area contributed by atoms with Crippen LogP contribution in [0, 0.1) is 28.4 Å². The number of carbonyl (C=O) groups excluding carboxylic acids is 2. The first-order valence-electron chi connectivity index (χ1n) is 19.1. The van der Waals surface area contributed by atoms with Crippen LogP contribution < -0.4 is 21.3 Å². The maximum Gasteiger partial charge on any atom is 0.293 e. The molecule has 0 saturated carbocycles. The van der Waals surface area contributed by atoms with E-state index < -0.39 is 4.92 Å². The van der Waals surface area contributed by atoms with Gasteiger partial charge in [0.2, 0.25) is 0 Å². The van der Waals surface area contributed by atoms with E-state index in [1.54, 1.807) is 30.3 Å². The predicted octanol–water partition coefficient (Wildman–Crippen LogP) is 7.05. The van der Waals surface area contributed by atoms with Crippen LogP contribution in [0.4, 0.5) is 17.1 Å². The Hall–Kier alpha value is -5.53. The Labute approximate surface area is 350 Å². The summed E-state index contributed by atoms with van der Waals surface area (Å²) in [6, 6.07) is 23.7. The molecule has 0 fully saturated rings. The van der Waals surface area contributed by atoms with Crippen LogP contribution >= 0.6 is 15.9 Å². The molecule has 4 N–H and O–H groups in total. The number of anilines is 2. The molecule has 0 radical (unpaired) electrons. The van der Waals surface area contributed by atoms with Gasteiger partial charge in [0.15, 0.2) is 0 Å². The summed E-state index contributed by atoms with van der Waals surface area (Å²) in [6.07, 6.45) is 4.10. The first-order chi connectivity index (χ1) is 27.7. The second-order valence-corrected chi connectivity index (χ2v) is 15.3. The second kappa shape index (κ2) is 24.3. The number of rotatable bonds is 20. The molecule has 0 aliphatic rings. The molecule has 0 atom stereocenters.